The number of hydrogen-bond acceptors (Lipinski definition) is 6. The van der Waals surface area contributed by atoms with Crippen LogP contribution in [0.3, 0.4) is 0 Å². The molecule has 90 valence electrons. The maximum absolute atomic E-state index is 10.5. The maximum atomic E-state index is 10.5. The number of hydrogen-bond donors (Lipinski definition) is 0. The Morgan fingerprint density at radius 1 is 0.938 bits per heavy atom. The summed E-state index contributed by atoms with van der Waals surface area (Å²) in [6.07, 6.45) is -1.15. The second-order valence-corrected chi connectivity index (χ2v) is 3.01. The summed E-state index contributed by atoms with van der Waals surface area (Å²) in [6, 6.07) is 0. The lowest BCUT2D eigenvalue weighted by molar-refractivity contribution is -0.786. The molecule has 1 fully saturated rings. The fraction of sp³-hybridized carbons (Fsp3) is 1.00. The fourth-order valence-corrected chi connectivity index (χ4v) is 1.25. The van der Waals surface area contributed by atoms with Crippen molar-refractivity contribution >= 4 is 0 Å². The smallest absolute Gasteiger partial charge is 0.219 e. The first-order valence-electron chi connectivity index (χ1n) is 4.05. The summed E-state index contributed by atoms with van der Waals surface area (Å²) in [5, 5.41) is 30.0. The molecule has 0 radical (unpaired) electrons. The van der Waals surface area contributed by atoms with E-state index >= 15 is 0 Å². The maximum Gasteiger partial charge on any atom is 0.219 e. The van der Waals surface area contributed by atoms with E-state index < -0.39 is 34.6 Å². The molecule has 1 rings (SSSR count). The first kappa shape index (κ1) is 11.7. The number of nitrogens with zero attached hydrogens (tertiary/aromatic N) is 6. The van der Waals surface area contributed by atoms with Gasteiger partial charge in [0.15, 0.2) is 15.1 Å². The molecule has 1 aliphatic rings. The fourth-order valence-electron chi connectivity index (χ4n) is 1.25. The Balaban J connectivity index is 2.92. The Labute approximate surface area is 88.0 Å². The molecule has 0 atom stereocenters. The number of hydrazine groups is 3. The zero-order valence-electron chi connectivity index (χ0n) is 8.12. The van der Waals surface area contributed by atoms with Gasteiger partial charge in [0.1, 0.15) is 0 Å². The standard InChI is InChI=1S/C4H8N6O6/c1-4-6(9(13)14)2-5(8(11)12)3-7(4)10(15)16/h4H,2-3H2,1H3. The van der Waals surface area contributed by atoms with Crippen LogP contribution in [0.1, 0.15) is 6.92 Å². The quantitative estimate of drug-likeness (QED) is 0.433. The minimum atomic E-state index is -1.15. The highest BCUT2D eigenvalue weighted by atomic mass is 16.7. The predicted molar refractivity (Wildman–Crippen MR) is 45.7 cm³/mol. The van der Waals surface area contributed by atoms with E-state index in [1.54, 1.807) is 0 Å². The summed E-state index contributed by atoms with van der Waals surface area (Å²) in [7, 11) is 0. The van der Waals surface area contributed by atoms with Crippen LogP contribution < -0.4 is 0 Å². The van der Waals surface area contributed by atoms with E-state index in [1.165, 1.54) is 6.92 Å². The highest BCUT2D eigenvalue weighted by Gasteiger charge is 2.45. The second-order valence-electron chi connectivity index (χ2n) is 3.01. The summed E-state index contributed by atoms with van der Waals surface area (Å²) in [5.41, 5.74) is 0. The molecule has 0 aromatic rings. The van der Waals surface area contributed by atoms with E-state index in [0.717, 1.165) is 0 Å². The molecular formula is C4H8N6O6. The van der Waals surface area contributed by atoms with Gasteiger partial charge in [0.2, 0.25) is 19.5 Å². The third-order valence-electron chi connectivity index (χ3n) is 2.13. The van der Waals surface area contributed by atoms with Gasteiger partial charge in [-0.05, 0) is 6.92 Å². The van der Waals surface area contributed by atoms with Gasteiger partial charge in [0.25, 0.3) is 0 Å². The molecule has 0 saturated carbocycles. The van der Waals surface area contributed by atoms with E-state index in [4.69, 9.17) is 0 Å². The van der Waals surface area contributed by atoms with Gasteiger partial charge in [-0.1, -0.05) is 15.0 Å². The molecule has 0 N–H and O–H groups in total. The Bertz CT molecular complexity index is 309. The van der Waals surface area contributed by atoms with Gasteiger partial charge in [0, 0.05) is 0 Å². The zero-order valence-corrected chi connectivity index (χ0v) is 8.12. The first-order valence-corrected chi connectivity index (χ1v) is 4.05. The minimum absolute atomic E-state index is 0.381. The number of nitro groups is 3. The molecule has 0 bridgehead atoms. The summed E-state index contributed by atoms with van der Waals surface area (Å²) < 4.78 is 0. The Hall–Kier alpha value is -2.40. The Morgan fingerprint density at radius 2 is 1.31 bits per heavy atom. The molecule has 1 heterocycles. The molecular weight excluding hydrogens is 228 g/mol. The van der Waals surface area contributed by atoms with Crippen molar-refractivity contribution in [3.05, 3.63) is 30.3 Å². The third-order valence-corrected chi connectivity index (χ3v) is 2.13. The molecule has 0 aromatic carbocycles. The van der Waals surface area contributed by atoms with Gasteiger partial charge in [-0.2, -0.15) is 0 Å². The number of rotatable bonds is 3. The highest BCUT2D eigenvalue weighted by Crippen LogP contribution is 2.14. The van der Waals surface area contributed by atoms with Gasteiger partial charge in [-0.25, -0.2) is 30.3 Å². The molecule has 0 spiro atoms. The predicted octanol–water partition coefficient (Wildman–Crippen LogP) is -1.26. The molecule has 0 amide bonds. The molecule has 12 nitrogen and oxygen atoms in total. The van der Waals surface area contributed by atoms with E-state index in [0.29, 0.717) is 15.0 Å². The monoisotopic (exact) mass is 236 g/mol. The lowest BCUT2D eigenvalue weighted by Crippen LogP contribution is -2.64. The first-order chi connectivity index (χ1) is 7.34. The van der Waals surface area contributed by atoms with Crippen LogP contribution in [0.15, 0.2) is 0 Å². The van der Waals surface area contributed by atoms with Crippen LogP contribution in [0, 0.1) is 30.3 Å². The van der Waals surface area contributed by atoms with Crippen LogP contribution in [-0.2, 0) is 0 Å². The summed E-state index contributed by atoms with van der Waals surface area (Å²) in [6.45, 7) is 0.0138. The zero-order chi connectivity index (χ0) is 12.5. The van der Waals surface area contributed by atoms with E-state index in [1.807, 2.05) is 0 Å². The van der Waals surface area contributed by atoms with E-state index in [2.05, 4.69) is 0 Å². The van der Waals surface area contributed by atoms with Crippen LogP contribution in [0.2, 0.25) is 0 Å². The summed E-state index contributed by atoms with van der Waals surface area (Å²) in [5.74, 6) is 0. The van der Waals surface area contributed by atoms with E-state index in [9.17, 15) is 30.3 Å². The van der Waals surface area contributed by atoms with Crippen molar-refractivity contribution in [2.75, 3.05) is 13.3 Å². The average molecular weight is 236 g/mol. The van der Waals surface area contributed by atoms with Gasteiger partial charge in [-0.3, -0.25) is 0 Å². The normalized spacial score (nSPS) is 17.4. The van der Waals surface area contributed by atoms with Crippen molar-refractivity contribution < 1.29 is 15.1 Å². The largest absolute Gasteiger partial charge is 0.235 e. The van der Waals surface area contributed by atoms with Crippen molar-refractivity contribution in [1.82, 2.24) is 15.0 Å². The lowest BCUT2D eigenvalue weighted by atomic mass is 10.5. The molecule has 0 aromatic heterocycles. The van der Waals surface area contributed by atoms with Gasteiger partial charge >= 0.3 is 0 Å². The molecule has 1 aliphatic heterocycles. The molecule has 1 saturated heterocycles. The van der Waals surface area contributed by atoms with Crippen LogP contribution in [0.25, 0.3) is 0 Å². The van der Waals surface area contributed by atoms with E-state index in [-0.39, 0.29) is 0 Å². The SMILES string of the molecule is CC1N([N+](=O)[O-])CN([N+](=O)[O-])CN1[N+](=O)[O-]. The van der Waals surface area contributed by atoms with Gasteiger partial charge in [0.05, 0.1) is 0 Å². The van der Waals surface area contributed by atoms with Crippen LogP contribution in [0.5, 0.6) is 0 Å². The molecule has 0 unspecified atom stereocenters. The van der Waals surface area contributed by atoms with Crippen molar-refractivity contribution in [2.24, 2.45) is 0 Å². The minimum Gasteiger partial charge on any atom is -0.235 e. The second kappa shape index (κ2) is 4.00. The topological polar surface area (TPSA) is 139 Å². The summed E-state index contributed by atoms with van der Waals surface area (Å²) >= 11 is 0. The molecule has 12 heteroatoms. The van der Waals surface area contributed by atoms with Gasteiger partial charge in [-0.15, -0.1) is 0 Å². The van der Waals surface area contributed by atoms with Crippen LogP contribution in [-0.4, -0.2) is 49.6 Å². The van der Waals surface area contributed by atoms with Gasteiger partial charge < -0.3 is 0 Å². The van der Waals surface area contributed by atoms with Crippen molar-refractivity contribution in [1.29, 1.82) is 0 Å². The lowest BCUT2D eigenvalue weighted by Gasteiger charge is -2.32. The van der Waals surface area contributed by atoms with Crippen LogP contribution in [0.4, 0.5) is 0 Å². The Kier molecular flexibility index (Phi) is 2.91. The van der Waals surface area contributed by atoms with Crippen molar-refractivity contribution in [3.63, 3.8) is 0 Å². The summed E-state index contributed by atoms with van der Waals surface area (Å²) in [4.78, 5) is 31.5. The van der Waals surface area contributed by atoms with Crippen molar-refractivity contribution in [2.45, 2.75) is 13.1 Å². The Morgan fingerprint density at radius 3 is 1.56 bits per heavy atom. The molecule has 0 aliphatic carbocycles. The molecule has 16 heavy (non-hydrogen) atoms. The average Bonchev–Trinajstić information content (AvgIpc) is 2.16. The highest BCUT2D eigenvalue weighted by molar-refractivity contribution is 4.60. The van der Waals surface area contributed by atoms with Crippen LogP contribution >= 0.6 is 0 Å². The van der Waals surface area contributed by atoms with Crippen molar-refractivity contribution in [3.8, 4) is 0 Å². The third kappa shape index (κ3) is 1.99.